The number of aromatic nitrogens is 3. The van der Waals surface area contributed by atoms with E-state index in [-0.39, 0.29) is 0 Å². The van der Waals surface area contributed by atoms with E-state index in [1.54, 1.807) is 10.7 Å². The van der Waals surface area contributed by atoms with Gasteiger partial charge in [-0.05, 0) is 75.1 Å². The summed E-state index contributed by atoms with van der Waals surface area (Å²) in [4.78, 5) is 16.0. The first-order valence-corrected chi connectivity index (χ1v) is 12.1. The fourth-order valence-electron chi connectivity index (χ4n) is 3.96. The molecule has 0 radical (unpaired) electrons. The SMILES string of the molecule is Cc1cc(CCCc2nc(-c3ccc(C(F)(F)F)cc3)nn2-c2ccccc2)ccc1OC(C)(C)C(=O)O. The molecule has 38 heavy (non-hydrogen) atoms. The Balaban J connectivity index is 1.51. The standard InChI is InChI=1S/C29H28F3N3O3/c1-19-18-20(12-17-24(19)38-28(2,3)27(36)37)8-7-11-25-33-26(34-35(25)23-9-5-4-6-10-23)21-13-15-22(16-14-21)29(30,31)32/h4-6,9-10,12-18H,7-8,11H2,1-3H3,(H,36,37). The molecule has 0 aliphatic carbocycles. The summed E-state index contributed by atoms with van der Waals surface area (Å²) in [5.74, 6) is 0.535. The minimum Gasteiger partial charge on any atom is -0.478 e. The largest absolute Gasteiger partial charge is 0.478 e. The number of benzene rings is 3. The van der Waals surface area contributed by atoms with Gasteiger partial charge in [0.15, 0.2) is 11.4 Å². The molecular formula is C29H28F3N3O3. The van der Waals surface area contributed by atoms with E-state index < -0.39 is 23.3 Å². The Kier molecular flexibility index (Phi) is 7.57. The van der Waals surface area contributed by atoms with E-state index in [2.05, 4.69) is 10.1 Å². The summed E-state index contributed by atoms with van der Waals surface area (Å²) in [6.07, 6.45) is -2.33. The predicted molar refractivity (Wildman–Crippen MR) is 137 cm³/mol. The van der Waals surface area contributed by atoms with E-state index in [0.29, 0.717) is 29.4 Å². The number of aryl methyl sites for hydroxylation is 3. The van der Waals surface area contributed by atoms with Crippen molar-refractivity contribution in [2.75, 3.05) is 0 Å². The smallest absolute Gasteiger partial charge is 0.416 e. The van der Waals surface area contributed by atoms with Crippen LogP contribution >= 0.6 is 0 Å². The summed E-state index contributed by atoms with van der Waals surface area (Å²) < 4.78 is 46.3. The van der Waals surface area contributed by atoms with Gasteiger partial charge >= 0.3 is 12.1 Å². The van der Waals surface area contributed by atoms with Gasteiger partial charge in [-0.2, -0.15) is 13.2 Å². The number of carboxylic acid groups (broad SMARTS) is 1. The zero-order valence-corrected chi connectivity index (χ0v) is 21.3. The molecule has 9 heteroatoms. The molecule has 0 bridgehead atoms. The molecule has 6 nitrogen and oxygen atoms in total. The Bertz CT molecular complexity index is 1410. The molecule has 0 unspecified atom stereocenters. The van der Waals surface area contributed by atoms with Crippen molar-refractivity contribution in [3.05, 3.63) is 95.3 Å². The minimum atomic E-state index is -4.41. The van der Waals surface area contributed by atoms with Crippen LogP contribution in [0.5, 0.6) is 5.75 Å². The maximum Gasteiger partial charge on any atom is 0.416 e. The van der Waals surface area contributed by atoms with Crippen LogP contribution in [0.2, 0.25) is 0 Å². The van der Waals surface area contributed by atoms with E-state index in [4.69, 9.17) is 4.74 Å². The number of rotatable bonds is 9. The molecule has 1 heterocycles. The molecular weight excluding hydrogens is 495 g/mol. The van der Waals surface area contributed by atoms with Gasteiger partial charge in [0, 0.05) is 12.0 Å². The number of carboxylic acids is 1. The number of alkyl halides is 3. The summed E-state index contributed by atoms with van der Waals surface area (Å²) in [6, 6.07) is 20.0. The zero-order chi connectivity index (χ0) is 27.5. The predicted octanol–water partition coefficient (Wildman–Crippen LogP) is 6.68. The van der Waals surface area contributed by atoms with E-state index in [9.17, 15) is 23.1 Å². The Hall–Kier alpha value is -4.14. The number of hydrogen-bond acceptors (Lipinski definition) is 4. The highest BCUT2D eigenvalue weighted by atomic mass is 19.4. The summed E-state index contributed by atoms with van der Waals surface area (Å²) >= 11 is 0. The molecule has 0 saturated carbocycles. The quantitative estimate of drug-likeness (QED) is 0.265. The van der Waals surface area contributed by atoms with Gasteiger partial charge in [-0.15, -0.1) is 5.10 Å². The van der Waals surface area contributed by atoms with Crippen LogP contribution in [0.1, 0.15) is 42.8 Å². The van der Waals surface area contributed by atoms with Crippen molar-refractivity contribution in [2.45, 2.75) is 51.8 Å². The fraction of sp³-hybridized carbons (Fsp3) is 0.276. The van der Waals surface area contributed by atoms with Crippen molar-refractivity contribution in [1.29, 1.82) is 0 Å². The van der Waals surface area contributed by atoms with Crippen molar-refractivity contribution < 1.29 is 27.8 Å². The Morgan fingerprint density at radius 1 is 0.974 bits per heavy atom. The van der Waals surface area contributed by atoms with Crippen LogP contribution in [0, 0.1) is 6.92 Å². The molecule has 0 atom stereocenters. The van der Waals surface area contributed by atoms with Crippen LogP contribution in [0.25, 0.3) is 17.1 Å². The fourth-order valence-corrected chi connectivity index (χ4v) is 3.96. The van der Waals surface area contributed by atoms with Gasteiger partial charge in [0.2, 0.25) is 0 Å². The van der Waals surface area contributed by atoms with Gasteiger partial charge in [-0.3, -0.25) is 0 Å². The Labute approximate surface area is 218 Å². The maximum atomic E-state index is 13.0. The summed E-state index contributed by atoms with van der Waals surface area (Å²) in [5.41, 5.74) is 1.17. The van der Waals surface area contributed by atoms with Crippen molar-refractivity contribution in [2.24, 2.45) is 0 Å². The molecule has 3 aromatic carbocycles. The van der Waals surface area contributed by atoms with Gasteiger partial charge in [0.05, 0.1) is 11.3 Å². The van der Waals surface area contributed by atoms with Crippen LogP contribution in [-0.4, -0.2) is 31.4 Å². The zero-order valence-electron chi connectivity index (χ0n) is 21.3. The first kappa shape index (κ1) is 26.9. The number of carbonyl (C=O) groups is 1. The molecule has 1 aromatic heterocycles. The van der Waals surface area contributed by atoms with Crippen LogP contribution in [0.15, 0.2) is 72.8 Å². The van der Waals surface area contributed by atoms with Crippen molar-refractivity contribution in [3.63, 3.8) is 0 Å². The Morgan fingerprint density at radius 3 is 2.26 bits per heavy atom. The molecule has 4 aromatic rings. The first-order valence-electron chi connectivity index (χ1n) is 12.1. The molecule has 4 rings (SSSR count). The number of nitrogens with zero attached hydrogens (tertiary/aromatic N) is 3. The normalized spacial score (nSPS) is 11.9. The Morgan fingerprint density at radius 2 is 1.66 bits per heavy atom. The van der Waals surface area contributed by atoms with Crippen molar-refractivity contribution >= 4 is 5.97 Å². The lowest BCUT2D eigenvalue weighted by atomic mass is 10.0. The van der Waals surface area contributed by atoms with E-state index in [1.807, 2.05) is 49.4 Å². The van der Waals surface area contributed by atoms with Gasteiger partial charge in [0.25, 0.3) is 0 Å². The summed E-state index contributed by atoms with van der Waals surface area (Å²) in [6.45, 7) is 4.88. The lowest BCUT2D eigenvalue weighted by Gasteiger charge is -2.23. The van der Waals surface area contributed by atoms with Gasteiger partial charge in [-0.1, -0.05) is 42.5 Å². The second-order valence-corrected chi connectivity index (χ2v) is 9.55. The van der Waals surface area contributed by atoms with Gasteiger partial charge in [-0.25, -0.2) is 14.5 Å². The highest BCUT2D eigenvalue weighted by Crippen LogP contribution is 2.31. The lowest BCUT2D eigenvalue weighted by molar-refractivity contribution is -0.152. The van der Waals surface area contributed by atoms with Crippen molar-refractivity contribution in [3.8, 4) is 22.8 Å². The maximum absolute atomic E-state index is 13.0. The van der Waals surface area contributed by atoms with Crippen LogP contribution < -0.4 is 4.74 Å². The highest BCUT2D eigenvalue weighted by molar-refractivity contribution is 5.76. The average molecular weight is 524 g/mol. The third-order valence-electron chi connectivity index (χ3n) is 6.13. The third-order valence-corrected chi connectivity index (χ3v) is 6.13. The molecule has 0 aliphatic rings. The van der Waals surface area contributed by atoms with Crippen LogP contribution in [0.3, 0.4) is 0 Å². The third kappa shape index (κ3) is 6.22. The molecule has 0 fully saturated rings. The number of halogens is 3. The molecule has 0 spiro atoms. The van der Waals surface area contributed by atoms with Crippen LogP contribution in [0.4, 0.5) is 13.2 Å². The van der Waals surface area contributed by atoms with Gasteiger partial charge < -0.3 is 9.84 Å². The summed E-state index contributed by atoms with van der Waals surface area (Å²) in [7, 11) is 0. The minimum absolute atomic E-state index is 0.357. The highest BCUT2D eigenvalue weighted by Gasteiger charge is 2.31. The topological polar surface area (TPSA) is 77.2 Å². The lowest BCUT2D eigenvalue weighted by Crippen LogP contribution is -2.38. The van der Waals surface area contributed by atoms with Crippen molar-refractivity contribution in [1.82, 2.24) is 14.8 Å². The molecule has 198 valence electrons. The van der Waals surface area contributed by atoms with Gasteiger partial charge in [0.1, 0.15) is 11.6 Å². The van der Waals surface area contributed by atoms with Crippen LogP contribution in [-0.2, 0) is 23.8 Å². The monoisotopic (exact) mass is 523 g/mol. The van der Waals surface area contributed by atoms with E-state index >= 15 is 0 Å². The molecule has 0 aliphatic heterocycles. The number of hydrogen-bond donors (Lipinski definition) is 1. The molecule has 0 saturated heterocycles. The average Bonchev–Trinajstić information content (AvgIpc) is 3.30. The second kappa shape index (κ2) is 10.7. The second-order valence-electron chi connectivity index (χ2n) is 9.55. The van der Waals surface area contributed by atoms with E-state index in [1.165, 1.54) is 26.0 Å². The van der Waals surface area contributed by atoms with E-state index in [0.717, 1.165) is 41.8 Å². The number of ether oxygens (including phenoxy) is 1. The molecule has 0 amide bonds. The number of aliphatic carboxylic acids is 1. The number of para-hydroxylation sites is 1. The molecule has 1 N–H and O–H groups in total. The summed E-state index contributed by atoms with van der Waals surface area (Å²) in [5, 5.41) is 13.9. The first-order chi connectivity index (χ1) is 17.9.